The highest BCUT2D eigenvalue weighted by Gasteiger charge is 2.41. The maximum Gasteiger partial charge on any atom is 0.257 e. The minimum absolute atomic E-state index is 0.0489. The van der Waals surface area contributed by atoms with Crippen LogP contribution in [0, 0.1) is 18.2 Å². The first-order valence-electron chi connectivity index (χ1n) is 11.4. The number of amides is 2. The third-order valence-corrected chi connectivity index (χ3v) is 6.44. The summed E-state index contributed by atoms with van der Waals surface area (Å²) in [5.41, 5.74) is 0.728. The van der Waals surface area contributed by atoms with Gasteiger partial charge in [0.1, 0.15) is 11.6 Å². The Hall–Kier alpha value is -2.94. The zero-order chi connectivity index (χ0) is 23.4. The molecule has 2 saturated heterocycles. The topological polar surface area (TPSA) is 76.9 Å². The number of halogens is 1. The van der Waals surface area contributed by atoms with Gasteiger partial charge in [-0.15, -0.1) is 0 Å². The van der Waals surface area contributed by atoms with Gasteiger partial charge in [-0.05, 0) is 44.0 Å². The van der Waals surface area contributed by atoms with Crippen LogP contribution in [0.2, 0.25) is 0 Å². The van der Waals surface area contributed by atoms with Gasteiger partial charge in [0.25, 0.3) is 5.91 Å². The third kappa shape index (κ3) is 5.52. The lowest BCUT2D eigenvalue weighted by Crippen LogP contribution is -2.52. The van der Waals surface area contributed by atoms with Crippen LogP contribution >= 0.6 is 0 Å². The van der Waals surface area contributed by atoms with Crippen LogP contribution in [0.25, 0.3) is 0 Å². The van der Waals surface area contributed by atoms with Crippen LogP contribution in [-0.2, 0) is 16.6 Å². The molecule has 3 heterocycles. The maximum absolute atomic E-state index is 13.3. The molecule has 0 saturated carbocycles. The number of nitrogens with zero attached hydrogens (tertiary/aromatic N) is 4. The van der Waals surface area contributed by atoms with Crippen LogP contribution in [0.15, 0.2) is 30.5 Å². The second-order valence-electron chi connectivity index (χ2n) is 9.04. The molecule has 0 bridgehead atoms. The number of rotatable bonds is 6. The first kappa shape index (κ1) is 23.2. The van der Waals surface area contributed by atoms with Crippen molar-refractivity contribution in [2.75, 3.05) is 46.0 Å². The second kappa shape index (κ2) is 9.91. The van der Waals surface area contributed by atoms with Crippen molar-refractivity contribution in [3.63, 3.8) is 0 Å². The Labute approximate surface area is 193 Å². The number of piperidine rings is 1. The van der Waals surface area contributed by atoms with E-state index in [0.29, 0.717) is 56.4 Å². The van der Waals surface area contributed by atoms with Crippen molar-refractivity contribution >= 4 is 11.8 Å². The van der Waals surface area contributed by atoms with Gasteiger partial charge >= 0.3 is 0 Å². The molecule has 1 aromatic heterocycles. The lowest BCUT2D eigenvalue weighted by Gasteiger charge is -2.43. The second-order valence-corrected chi connectivity index (χ2v) is 9.04. The van der Waals surface area contributed by atoms with Crippen molar-refractivity contribution in [3.05, 3.63) is 47.5 Å². The number of benzene rings is 1. The van der Waals surface area contributed by atoms with Crippen molar-refractivity contribution in [1.82, 2.24) is 19.6 Å². The number of morpholine rings is 1. The van der Waals surface area contributed by atoms with E-state index in [9.17, 15) is 14.0 Å². The average Bonchev–Trinajstić information content (AvgIpc) is 3.16. The van der Waals surface area contributed by atoms with E-state index in [1.165, 1.54) is 12.1 Å². The molecular weight excluding hydrogens is 427 g/mol. The molecule has 2 amide bonds. The molecule has 33 heavy (non-hydrogen) atoms. The van der Waals surface area contributed by atoms with Gasteiger partial charge < -0.3 is 19.3 Å². The summed E-state index contributed by atoms with van der Waals surface area (Å²) in [6.45, 7) is 5.35. The number of carbonyl (C=O) groups is 2. The molecule has 2 fully saturated rings. The summed E-state index contributed by atoms with van der Waals surface area (Å²) < 4.78 is 26.4. The molecule has 0 N–H and O–H groups in total. The Kier molecular flexibility index (Phi) is 6.97. The zero-order valence-corrected chi connectivity index (χ0v) is 19.3. The van der Waals surface area contributed by atoms with Crippen LogP contribution < -0.4 is 4.74 Å². The number of hydrogen-bond acceptors (Lipinski definition) is 5. The predicted octanol–water partition coefficient (Wildman–Crippen LogP) is 2.42. The molecule has 2 aliphatic rings. The molecule has 2 aromatic rings. The molecule has 0 aliphatic carbocycles. The van der Waals surface area contributed by atoms with Crippen LogP contribution in [0.4, 0.5) is 4.39 Å². The van der Waals surface area contributed by atoms with Gasteiger partial charge in [-0.2, -0.15) is 5.10 Å². The summed E-state index contributed by atoms with van der Waals surface area (Å²) in [7, 11) is 1.79. The Morgan fingerprint density at radius 3 is 2.55 bits per heavy atom. The van der Waals surface area contributed by atoms with Gasteiger partial charge in [-0.1, -0.05) is 0 Å². The fourth-order valence-electron chi connectivity index (χ4n) is 4.69. The number of ether oxygens (including phenoxy) is 2. The van der Waals surface area contributed by atoms with E-state index < -0.39 is 5.41 Å². The van der Waals surface area contributed by atoms with Crippen molar-refractivity contribution < 1.29 is 23.5 Å². The summed E-state index contributed by atoms with van der Waals surface area (Å²) in [6.07, 6.45) is 3.56. The quantitative estimate of drug-likeness (QED) is 0.665. The number of likely N-dealkylation sites (tertiary alicyclic amines) is 1. The van der Waals surface area contributed by atoms with E-state index in [1.54, 1.807) is 30.1 Å². The molecule has 2 aliphatic heterocycles. The van der Waals surface area contributed by atoms with Crippen LogP contribution in [0.5, 0.6) is 5.75 Å². The smallest absolute Gasteiger partial charge is 0.257 e. The Morgan fingerprint density at radius 1 is 1.15 bits per heavy atom. The van der Waals surface area contributed by atoms with Crippen molar-refractivity contribution in [1.29, 1.82) is 0 Å². The van der Waals surface area contributed by atoms with Crippen molar-refractivity contribution in [2.45, 2.75) is 26.2 Å². The first-order valence-corrected chi connectivity index (χ1v) is 11.4. The minimum Gasteiger partial charge on any atom is -0.493 e. The average molecular weight is 459 g/mol. The van der Waals surface area contributed by atoms with Gasteiger partial charge in [-0.3, -0.25) is 14.3 Å². The third-order valence-electron chi connectivity index (χ3n) is 6.44. The lowest BCUT2D eigenvalue weighted by molar-refractivity contribution is -0.139. The van der Waals surface area contributed by atoms with Crippen molar-refractivity contribution in [3.8, 4) is 5.75 Å². The fourth-order valence-corrected chi connectivity index (χ4v) is 4.69. The monoisotopic (exact) mass is 458 g/mol. The summed E-state index contributed by atoms with van der Waals surface area (Å²) >= 11 is 0. The molecule has 0 unspecified atom stereocenters. The van der Waals surface area contributed by atoms with E-state index >= 15 is 0 Å². The Bertz CT molecular complexity index is 987. The molecule has 0 radical (unpaired) electrons. The Morgan fingerprint density at radius 2 is 1.88 bits per heavy atom. The number of hydrogen-bond donors (Lipinski definition) is 0. The van der Waals surface area contributed by atoms with E-state index in [0.717, 1.165) is 12.8 Å². The zero-order valence-electron chi connectivity index (χ0n) is 19.3. The summed E-state index contributed by atoms with van der Waals surface area (Å²) in [5, 5.41) is 4.30. The van der Waals surface area contributed by atoms with E-state index in [-0.39, 0.29) is 30.7 Å². The SMILES string of the molecule is Cc1nn(C)cc1C(=O)N1CCC[C@](COc2ccc(F)cc2)(CC(=O)N2CCOCC2)C1. The maximum atomic E-state index is 13.3. The summed E-state index contributed by atoms with van der Waals surface area (Å²) in [5.74, 6) is 0.181. The molecule has 1 atom stereocenters. The van der Waals surface area contributed by atoms with Gasteiger partial charge in [0, 0.05) is 51.3 Å². The minimum atomic E-state index is -0.534. The first-order chi connectivity index (χ1) is 15.8. The summed E-state index contributed by atoms with van der Waals surface area (Å²) in [6, 6.07) is 5.86. The predicted molar refractivity (Wildman–Crippen MR) is 119 cm³/mol. The fraction of sp³-hybridized carbons (Fsp3) is 0.542. The van der Waals surface area contributed by atoms with Gasteiger partial charge in [0.2, 0.25) is 5.91 Å². The van der Waals surface area contributed by atoms with Gasteiger partial charge in [0.15, 0.2) is 0 Å². The highest BCUT2D eigenvalue weighted by molar-refractivity contribution is 5.95. The van der Waals surface area contributed by atoms with Crippen LogP contribution in [0.1, 0.15) is 35.3 Å². The highest BCUT2D eigenvalue weighted by Crippen LogP contribution is 2.36. The number of aromatic nitrogens is 2. The standard InChI is InChI=1S/C24H31FN4O4/c1-18-21(15-27(2)26-18)23(31)29-9-3-8-24(16-29,14-22(30)28-10-12-32-13-11-28)17-33-20-6-4-19(25)5-7-20/h4-7,15H,3,8-14,16-17H2,1-2H3/t24-/m0/s1. The van der Waals surface area contributed by atoms with Gasteiger partial charge in [0.05, 0.1) is 31.1 Å². The molecular formula is C24H31FN4O4. The molecule has 1 aromatic carbocycles. The van der Waals surface area contributed by atoms with E-state index in [2.05, 4.69) is 5.10 Å². The molecule has 8 nitrogen and oxygen atoms in total. The van der Waals surface area contributed by atoms with Crippen LogP contribution in [0.3, 0.4) is 0 Å². The lowest BCUT2D eigenvalue weighted by atomic mass is 9.77. The van der Waals surface area contributed by atoms with E-state index in [4.69, 9.17) is 9.47 Å². The molecule has 4 rings (SSSR count). The largest absolute Gasteiger partial charge is 0.493 e. The van der Waals surface area contributed by atoms with Gasteiger partial charge in [-0.25, -0.2) is 4.39 Å². The van der Waals surface area contributed by atoms with E-state index in [1.807, 2.05) is 16.7 Å². The Balaban J connectivity index is 1.53. The number of aryl methyl sites for hydroxylation is 2. The summed E-state index contributed by atoms with van der Waals surface area (Å²) in [4.78, 5) is 30.1. The number of carbonyl (C=O) groups excluding carboxylic acids is 2. The normalized spacial score (nSPS) is 21.2. The van der Waals surface area contributed by atoms with Crippen LogP contribution in [-0.4, -0.2) is 77.4 Å². The molecule has 9 heteroatoms. The molecule has 0 spiro atoms. The highest BCUT2D eigenvalue weighted by atomic mass is 19.1. The molecule has 178 valence electrons. The van der Waals surface area contributed by atoms with Crippen molar-refractivity contribution in [2.24, 2.45) is 12.5 Å².